The second-order valence-electron chi connectivity index (χ2n) is 0.976. The average molecular weight is 474 g/mol. The molecule has 9 heavy (non-hydrogen) atoms. The van der Waals surface area contributed by atoms with Crippen molar-refractivity contribution in [3.8, 4) is 0 Å². The van der Waals surface area contributed by atoms with Crippen LogP contribution in [0.25, 0.3) is 0 Å². The van der Waals surface area contributed by atoms with Crippen molar-refractivity contribution in [1.29, 1.82) is 0 Å². The molecule has 0 heterocycles. The van der Waals surface area contributed by atoms with Crippen molar-refractivity contribution in [2.45, 2.75) is 0 Å². The fourth-order valence-electron chi connectivity index (χ4n) is 0.122. The summed E-state index contributed by atoms with van der Waals surface area (Å²) in [6, 6.07) is 0. The molecule has 0 saturated heterocycles. The molecule has 0 aliphatic rings. The van der Waals surface area contributed by atoms with Crippen molar-refractivity contribution in [3.63, 3.8) is 0 Å². The fraction of sp³-hybridized carbons (Fsp3) is 0. The average Bonchev–Trinajstić information content (AvgIpc) is 1.14. The van der Waals surface area contributed by atoms with Crippen LogP contribution in [0.4, 0.5) is 0 Å². The monoisotopic (exact) mass is 474 g/mol. The van der Waals surface area contributed by atoms with E-state index in [1.165, 1.54) is 0 Å². The maximum absolute atomic E-state index is 9.45. The van der Waals surface area contributed by atoms with Gasteiger partial charge in [-0.3, -0.25) is 0 Å². The second kappa shape index (κ2) is 2.46. The predicted octanol–water partition coefficient (Wildman–Crippen LogP) is -0.786. The van der Waals surface area contributed by atoms with Crippen LogP contribution in [0.1, 0.15) is 0 Å². The van der Waals surface area contributed by atoms with E-state index in [-0.39, 0.29) is 0 Å². The Hall–Kier alpha value is 0.241. The quantitative estimate of drug-likeness (QED) is 0.517. The van der Waals surface area contributed by atoms with E-state index in [9.17, 15) is 19.5 Å². The first-order valence-corrected chi connectivity index (χ1v) is 12.0. The molecule has 0 aliphatic carbocycles. The zero-order chi connectivity index (χ0) is 7.71. The molecule has 0 fully saturated rings. The molecular formula is O7Ta2. The van der Waals surface area contributed by atoms with E-state index in [1.807, 2.05) is 0 Å². The molecule has 0 spiro atoms. The molecule has 0 N–H and O–H groups in total. The molecule has 0 aromatic carbocycles. The molecule has 0 unspecified atom stereocenters. The van der Waals surface area contributed by atoms with Crippen LogP contribution in [0.3, 0.4) is 0 Å². The van der Waals surface area contributed by atoms with E-state index < -0.39 is 34.9 Å². The van der Waals surface area contributed by atoms with Crippen LogP contribution in [0.15, 0.2) is 0 Å². The van der Waals surface area contributed by atoms with Gasteiger partial charge < -0.3 is 0 Å². The number of hydrogen-bond acceptors (Lipinski definition) is 7. The fourth-order valence-corrected chi connectivity index (χ4v) is 8.21. The van der Waals surface area contributed by atoms with Crippen molar-refractivity contribution in [3.05, 3.63) is 0 Å². The van der Waals surface area contributed by atoms with Crippen LogP contribution in [0.5, 0.6) is 0 Å². The summed E-state index contributed by atoms with van der Waals surface area (Å²) in [6.07, 6.45) is 0. The zero-order valence-electron chi connectivity index (χ0n) is 3.75. The van der Waals surface area contributed by atoms with Gasteiger partial charge in [0.25, 0.3) is 0 Å². The molecule has 7 nitrogen and oxygen atoms in total. The Labute approximate surface area is 56.1 Å². The minimum absolute atomic E-state index is 2.72. The Kier molecular flexibility index (Phi) is 2.53. The van der Waals surface area contributed by atoms with Gasteiger partial charge in [0.05, 0.1) is 0 Å². The molecule has 0 saturated carbocycles. The molecule has 0 rings (SSSR count). The first kappa shape index (κ1) is 9.24. The third kappa shape index (κ3) is 8.24. The summed E-state index contributed by atoms with van der Waals surface area (Å²) in [4.78, 5) is 0. The van der Waals surface area contributed by atoms with E-state index in [0.717, 1.165) is 0 Å². The topological polar surface area (TPSA) is 112 Å². The third-order valence-electron chi connectivity index (χ3n) is 0.200. The minimum atomic E-state index is -6.59. The van der Waals surface area contributed by atoms with Gasteiger partial charge in [0, 0.05) is 0 Å². The van der Waals surface area contributed by atoms with Gasteiger partial charge in [-0.15, -0.1) is 0 Å². The number of rotatable bonds is 2. The summed E-state index contributed by atoms with van der Waals surface area (Å²) in [5, 5.41) is 0. The van der Waals surface area contributed by atoms with Crippen LogP contribution in [-0.4, -0.2) is 0 Å². The van der Waals surface area contributed by atoms with Gasteiger partial charge in [0.15, 0.2) is 0 Å². The Morgan fingerprint density at radius 1 is 0.667 bits per heavy atom. The van der Waals surface area contributed by atoms with Gasteiger partial charge in [0.2, 0.25) is 0 Å². The molecule has 0 amide bonds. The zero-order valence-corrected chi connectivity index (χ0v) is 10.2. The van der Waals surface area contributed by atoms with Crippen molar-refractivity contribution in [1.82, 2.24) is 0 Å². The first-order valence-electron chi connectivity index (χ1n) is 1.46. The summed E-state index contributed by atoms with van der Waals surface area (Å²) in [5.74, 6) is 0. The van der Waals surface area contributed by atoms with E-state index in [4.69, 9.17) is 0 Å². The SMILES string of the molecule is [O]=[Ta](=[O])(=[O])[O][Ta](=[O])(=[O])=[O]. The normalized spacial score (nSPS) is 9.78. The van der Waals surface area contributed by atoms with Crippen LogP contribution in [-0.2, 0) is 56.1 Å². The predicted molar refractivity (Wildman–Crippen MR) is 5.20 cm³/mol. The van der Waals surface area contributed by atoms with Gasteiger partial charge in [-0.25, -0.2) is 0 Å². The van der Waals surface area contributed by atoms with E-state index in [0.29, 0.717) is 0 Å². The summed E-state index contributed by atoms with van der Waals surface area (Å²) < 4.78 is 59.5. The summed E-state index contributed by atoms with van der Waals surface area (Å²) in [7, 11) is 0. The summed E-state index contributed by atoms with van der Waals surface area (Å²) >= 11 is -13.2. The Balaban J connectivity index is 4.91. The molecule has 0 atom stereocenters. The molecule has 0 aromatic rings. The van der Waals surface area contributed by atoms with Crippen LogP contribution < -0.4 is 0 Å². The van der Waals surface area contributed by atoms with Crippen molar-refractivity contribution >= 4 is 0 Å². The molecule has 0 aromatic heterocycles. The Bertz CT molecular complexity index is 305. The van der Waals surface area contributed by atoms with Gasteiger partial charge >= 0.3 is 56.1 Å². The molecule has 0 radical (unpaired) electrons. The molecule has 0 aliphatic heterocycles. The first-order chi connectivity index (χ1) is 3.71. The molecule has 52 valence electrons. The van der Waals surface area contributed by atoms with Gasteiger partial charge in [-0.2, -0.15) is 0 Å². The van der Waals surface area contributed by atoms with E-state index in [1.54, 1.807) is 0 Å². The maximum atomic E-state index is 9.45. The molecule has 9 heteroatoms. The van der Waals surface area contributed by atoms with Crippen molar-refractivity contribution < 1.29 is 56.1 Å². The Morgan fingerprint density at radius 2 is 0.889 bits per heavy atom. The van der Waals surface area contributed by atoms with Crippen molar-refractivity contribution in [2.24, 2.45) is 0 Å². The summed E-state index contributed by atoms with van der Waals surface area (Å²) in [6.45, 7) is 0. The third-order valence-corrected chi connectivity index (χ3v) is 13.4. The second-order valence-corrected chi connectivity index (χ2v) is 12.8. The van der Waals surface area contributed by atoms with E-state index in [2.05, 4.69) is 1.75 Å². The standard InChI is InChI=1S/7O.2Ta. The van der Waals surface area contributed by atoms with Gasteiger partial charge in [0.1, 0.15) is 0 Å². The van der Waals surface area contributed by atoms with E-state index >= 15 is 0 Å². The Morgan fingerprint density at radius 3 is 0.889 bits per heavy atom. The van der Waals surface area contributed by atoms with Crippen LogP contribution >= 0.6 is 0 Å². The van der Waals surface area contributed by atoms with Gasteiger partial charge in [-0.05, 0) is 0 Å². The summed E-state index contributed by atoms with van der Waals surface area (Å²) in [5.41, 5.74) is 0. The molecule has 0 bridgehead atoms. The van der Waals surface area contributed by atoms with Crippen molar-refractivity contribution in [2.75, 3.05) is 0 Å². The molecular weight excluding hydrogens is 474 g/mol. The number of hydrogen-bond donors (Lipinski definition) is 0. The van der Waals surface area contributed by atoms with Gasteiger partial charge in [-0.1, -0.05) is 0 Å². The van der Waals surface area contributed by atoms with Crippen LogP contribution in [0.2, 0.25) is 0 Å². The van der Waals surface area contributed by atoms with Crippen LogP contribution in [0, 0.1) is 0 Å².